The number of nitrogens with one attached hydrogen (secondary N) is 2. The maximum Gasteiger partial charge on any atom is 0.278 e. The number of nitrogens with zero attached hydrogens (tertiary/aromatic N) is 5. The lowest BCUT2D eigenvalue weighted by Crippen LogP contribution is -2.16. The van der Waals surface area contributed by atoms with E-state index in [-0.39, 0.29) is 21.9 Å². The zero-order valence-corrected chi connectivity index (χ0v) is 11.1. The van der Waals surface area contributed by atoms with Crippen LogP contribution in [0, 0.1) is 0 Å². The Morgan fingerprint density at radius 2 is 2.05 bits per heavy atom. The van der Waals surface area contributed by atoms with Crippen LogP contribution >= 0.6 is 23.2 Å². The molecule has 10 heteroatoms. The largest absolute Gasteiger partial charge is 0.341 e. The number of rotatable bonds is 2. The van der Waals surface area contributed by atoms with Crippen LogP contribution in [-0.2, 0) is 0 Å². The summed E-state index contributed by atoms with van der Waals surface area (Å²) < 4.78 is 0. The van der Waals surface area contributed by atoms with Crippen molar-refractivity contribution in [2.75, 3.05) is 5.32 Å². The van der Waals surface area contributed by atoms with Crippen LogP contribution in [0.25, 0.3) is 11.2 Å². The van der Waals surface area contributed by atoms with E-state index in [1.54, 1.807) is 0 Å². The molecule has 3 heterocycles. The number of carbonyl (C=O) groups excluding carboxylic acids is 1. The zero-order chi connectivity index (χ0) is 14.1. The minimum absolute atomic E-state index is 0.0244. The molecule has 1 amide bonds. The van der Waals surface area contributed by atoms with E-state index in [0.717, 1.165) is 0 Å². The van der Waals surface area contributed by atoms with E-state index >= 15 is 0 Å². The molecule has 0 fully saturated rings. The number of aromatic nitrogens is 6. The Morgan fingerprint density at radius 3 is 2.80 bits per heavy atom. The molecule has 0 spiro atoms. The first kappa shape index (κ1) is 12.7. The lowest BCUT2D eigenvalue weighted by atomic mass is 10.4. The van der Waals surface area contributed by atoms with Gasteiger partial charge >= 0.3 is 0 Å². The number of H-pyrrole nitrogens is 1. The Morgan fingerprint density at radius 1 is 1.20 bits per heavy atom. The predicted octanol–water partition coefficient (Wildman–Crippen LogP) is 1.70. The van der Waals surface area contributed by atoms with E-state index in [1.807, 2.05) is 0 Å². The highest BCUT2D eigenvalue weighted by Crippen LogP contribution is 2.18. The van der Waals surface area contributed by atoms with Gasteiger partial charge in [-0.2, -0.15) is 9.97 Å². The highest BCUT2D eigenvalue weighted by atomic mass is 35.5. The smallest absolute Gasteiger partial charge is 0.278 e. The second-order valence-corrected chi connectivity index (χ2v) is 4.38. The summed E-state index contributed by atoms with van der Waals surface area (Å²) in [5.74, 6) is -0.503. The predicted molar refractivity (Wildman–Crippen MR) is 71.7 cm³/mol. The summed E-state index contributed by atoms with van der Waals surface area (Å²) in [6, 6.07) is 2.88. The van der Waals surface area contributed by atoms with Gasteiger partial charge in [0, 0.05) is 0 Å². The average Bonchev–Trinajstić information content (AvgIpc) is 2.88. The second kappa shape index (κ2) is 4.99. The minimum atomic E-state index is -0.528. The second-order valence-electron chi connectivity index (χ2n) is 3.63. The van der Waals surface area contributed by atoms with Gasteiger partial charge < -0.3 is 4.98 Å². The first-order valence-corrected chi connectivity index (χ1v) is 6.06. The van der Waals surface area contributed by atoms with Crippen molar-refractivity contribution in [1.29, 1.82) is 0 Å². The first-order valence-electron chi connectivity index (χ1n) is 5.30. The molecule has 20 heavy (non-hydrogen) atoms. The number of imidazole rings is 1. The van der Waals surface area contributed by atoms with Crippen molar-refractivity contribution in [3.63, 3.8) is 0 Å². The molecule has 0 aliphatic rings. The lowest BCUT2D eigenvalue weighted by Gasteiger charge is -2.03. The summed E-state index contributed by atoms with van der Waals surface area (Å²) in [7, 11) is 0. The topological polar surface area (TPSA) is 109 Å². The molecule has 0 aliphatic heterocycles. The zero-order valence-electron chi connectivity index (χ0n) is 9.63. The fraction of sp³-hybridized carbons (Fsp3) is 0. The highest BCUT2D eigenvalue weighted by molar-refractivity contribution is 6.33. The third-order valence-corrected chi connectivity index (χ3v) is 2.81. The molecule has 3 aromatic rings. The standard InChI is InChI=1S/C10H5Cl2N7O/c11-5-2-1-4(18-19-5)9(20)17-10-15-7(12)6-8(16-10)14-3-13-6/h1-3H,(H2,13,14,15,16,17,20). The van der Waals surface area contributed by atoms with Crippen LogP contribution in [0.4, 0.5) is 5.95 Å². The van der Waals surface area contributed by atoms with Gasteiger partial charge in [0.05, 0.1) is 6.33 Å². The Labute approximate surface area is 121 Å². The summed E-state index contributed by atoms with van der Waals surface area (Å²) >= 11 is 11.5. The van der Waals surface area contributed by atoms with Gasteiger partial charge in [-0.25, -0.2) is 4.98 Å². The molecule has 2 N–H and O–H groups in total. The van der Waals surface area contributed by atoms with Crippen LogP contribution in [0.5, 0.6) is 0 Å². The van der Waals surface area contributed by atoms with Crippen LogP contribution in [0.3, 0.4) is 0 Å². The molecule has 0 unspecified atom stereocenters. The molecule has 0 radical (unpaired) electrons. The first-order chi connectivity index (χ1) is 9.63. The number of aromatic amines is 1. The molecule has 0 atom stereocenters. The molecule has 3 aromatic heterocycles. The van der Waals surface area contributed by atoms with Crippen LogP contribution in [0.15, 0.2) is 18.5 Å². The number of fused-ring (bicyclic) bond motifs is 1. The SMILES string of the molecule is O=C(Nc1nc(Cl)c2[nH]cnc2n1)c1ccc(Cl)nn1. The summed E-state index contributed by atoms with van der Waals surface area (Å²) in [4.78, 5) is 26.6. The van der Waals surface area contributed by atoms with Gasteiger partial charge in [0.15, 0.2) is 21.6 Å². The van der Waals surface area contributed by atoms with E-state index < -0.39 is 5.91 Å². The molecule has 0 bridgehead atoms. The monoisotopic (exact) mass is 309 g/mol. The number of hydrogen-bond acceptors (Lipinski definition) is 6. The van der Waals surface area contributed by atoms with E-state index in [4.69, 9.17) is 23.2 Å². The minimum Gasteiger partial charge on any atom is -0.341 e. The van der Waals surface area contributed by atoms with Gasteiger partial charge in [-0.15, -0.1) is 10.2 Å². The van der Waals surface area contributed by atoms with Crippen molar-refractivity contribution in [2.24, 2.45) is 0 Å². The molecule has 0 aliphatic carbocycles. The third kappa shape index (κ3) is 2.38. The highest BCUT2D eigenvalue weighted by Gasteiger charge is 2.13. The van der Waals surface area contributed by atoms with Gasteiger partial charge in [-0.05, 0) is 12.1 Å². The van der Waals surface area contributed by atoms with Crippen molar-refractivity contribution < 1.29 is 4.79 Å². The summed E-state index contributed by atoms with van der Waals surface area (Å²) in [5, 5.41) is 10.0. The van der Waals surface area contributed by atoms with Crippen molar-refractivity contribution in [3.05, 3.63) is 34.5 Å². The number of amides is 1. The Kier molecular flexibility index (Phi) is 3.17. The average molecular weight is 310 g/mol. The Hall–Kier alpha value is -2.32. The van der Waals surface area contributed by atoms with Crippen LogP contribution in [-0.4, -0.2) is 36.0 Å². The molecule has 0 aromatic carbocycles. The third-order valence-electron chi connectivity index (χ3n) is 2.33. The van der Waals surface area contributed by atoms with E-state index in [0.29, 0.717) is 11.2 Å². The quantitative estimate of drug-likeness (QED) is 0.697. The summed E-state index contributed by atoms with van der Waals surface area (Å²) in [5.41, 5.74) is 0.926. The van der Waals surface area contributed by atoms with Crippen LogP contribution < -0.4 is 5.32 Å². The van der Waals surface area contributed by atoms with Gasteiger partial charge in [0.2, 0.25) is 5.95 Å². The maximum absolute atomic E-state index is 11.9. The number of halogens is 2. The maximum atomic E-state index is 11.9. The fourth-order valence-electron chi connectivity index (χ4n) is 1.46. The van der Waals surface area contributed by atoms with Gasteiger partial charge in [0.25, 0.3) is 5.91 Å². The van der Waals surface area contributed by atoms with Crippen molar-refractivity contribution in [2.45, 2.75) is 0 Å². The summed E-state index contributed by atoms with van der Waals surface area (Å²) in [6.07, 6.45) is 1.43. The van der Waals surface area contributed by atoms with Crippen molar-refractivity contribution in [1.82, 2.24) is 30.1 Å². The molecule has 0 saturated heterocycles. The van der Waals surface area contributed by atoms with Crippen LogP contribution in [0.1, 0.15) is 10.5 Å². The number of anilines is 1. The fourth-order valence-corrected chi connectivity index (χ4v) is 1.78. The molecule has 8 nitrogen and oxygen atoms in total. The summed E-state index contributed by atoms with van der Waals surface area (Å²) in [6.45, 7) is 0. The van der Waals surface area contributed by atoms with E-state index in [9.17, 15) is 4.79 Å². The lowest BCUT2D eigenvalue weighted by molar-refractivity contribution is 0.102. The van der Waals surface area contributed by atoms with Crippen molar-refractivity contribution >= 4 is 46.2 Å². The molecular formula is C10H5Cl2N7O. The van der Waals surface area contributed by atoms with Gasteiger partial charge in [-0.1, -0.05) is 23.2 Å². The number of hydrogen-bond donors (Lipinski definition) is 2. The van der Waals surface area contributed by atoms with Crippen molar-refractivity contribution in [3.8, 4) is 0 Å². The van der Waals surface area contributed by atoms with Gasteiger partial charge in [0.1, 0.15) is 5.52 Å². The van der Waals surface area contributed by atoms with Crippen LogP contribution in [0.2, 0.25) is 10.3 Å². The molecule has 0 saturated carbocycles. The normalized spacial score (nSPS) is 10.7. The van der Waals surface area contributed by atoms with E-state index in [2.05, 4.69) is 35.5 Å². The number of carbonyl (C=O) groups is 1. The molecule has 100 valence electrons. The van der Waals surface area contributed by atoms with E-state index in [1.165, 1.54) is 18.5 Å². The van der Waals surface area contributed by atoms with Gasteiger partial charge in [-0.3, -0.25) is 10.1 Å². The Bertz CT molecular complexity index is 786. The molecule has 3 rings (SSSR count). The Balaban J connectivity index is 1.88. The molecular weight excluding hydrogens is 305 g/mol.